The van der Waals surface area contributed by atoms with Crippen LogP contribution < -0.4 is 4.90 Å². The van der Waals surface area contributed by atoms with E-state index in [0.29, 0.717) is 26.2 Å². The van der Waals surface area contributed by atoms with E-state index in [1.54, 1.807) is 15.8 Å². The maximum atomic E-state index is 12.4. The second-order valence-corrected chi connectivity index (χ2v) is 4.88. The van der Waals surface area contributed by atoms with Crippen molar-refractivity contribution in [3.05, 3.63) is 12.5 Å². The van der Waals surface area contributed by atoms with Gasteiger partial charge in [0.15, 0.2) is 5.65 Å². The predicted molar refractivity (Wildman–Crippen MR) is 71.0 cm³/mol. The number of hydrogen-bond donors (Lipinski definition) is 0. The van der Waals surface area contributed by atoms with Crippen molar-refractivity contribution in [3.63, 3.8) is 0 Å². The average molecular weight is 282 g/mol. The zero-order valence-corrected chi connectivity index (χ0v) is 11.2. The van der Waals surface area contributed by atoms with E-state index in [2.05, 4.69) is 20.0 Å². The summed E-state index contributed by atoms with van der Waals surface area (Å²) in [5.74, 6) is 0.833. The van der Waals surface area contributed by atoms with Gasteiger partial charge in [0.25, 0.3) is 6.43 Å². The molecule has 0 N–H and O–H groups in total. The molecule has 0 aromatic carbocycles. The molecule has 20 heavy (non-hydrogen) atoms. The Morgan fingerprint density at radius 2 is 1.95 bits per heavy atom. The lowest BCUT2D eigenvalue weighted by atomic mass is 10.3. The Labute approximate surface area is 115 Å². The van der Waals surface area contributed by atoms with Crippen molar-refractivity contribution in [1.82, 2.24) is 24.6 Å². The Balaban J connectivity index is 1.77. The fourth-order valence-corrected chi connectivity index (χ4v) is 2.54. The van der Waals surface area contributed by atoms with Crippen molar-refractivity contribution in [2.75, 3.05) is 37.6 Å². The second kappa shape index (κ2) is 5.28. The fraction of sp³-hybridized carbons (Fsp3) is 0.583. The molecule has 0 spiro atoms. The van der Waals surface area contributed by atoms with Gasteiger partial charge in [0.05, 0.1) is 18.1 Å². The minimum Gasteiger partial charge on any atom is -0.353 e. The van der Waals surface area contributed by atoms with Crippen molar-refractivity contribution >= 4 is 16.9 Å². The molecule has 6 nitrogen and oxygen atoms in total. The van der Waals surface area contributed by atoms with Gasteiger partial charge in [0.2, 0.25) is 0 Å². The lowest BCUT2D eigenvalue weighted by molar-refractivity contribution is 0.0854. The van der Waals surface area contributed by atoms with Gasteiger partial charge >= 0.3 is 0 Å². The van der Waals surface area contributed by atoms with Gasteiger partial charge in [0.1, 0.15) is 12.1 Å². The Morgan fingerprint density at radius 1 is 1.20 bits per heavy atom. The van der Waals surface area contributed by atoms with Crippen LogP contribution in [0, 0.1) is 0 Å². The van der Waals surface area contributed by atoms with Crippen LogP contribution >= 0.6 is 0 Å². The predicted octanol–water partition coefficient (Wildman–Crippen LogP) is 0.750. The maximum absolute atomic E-state index is 12.4. The van der Waals surface area contributed by atoms with Crippen LogP contribution in [-0.2, 0) is 7.05 Å². The topological polar surface area (TPSA) is 50.1 Å². The lowest BCUT2D eigenvalue weighted by Crippen LogP contribution is -2.48. The van der Waals surface area contributed by atoms with E-state index in [-0.39, 0.29) is 6.54 Å². The van der Waals surface area contributed by atoms with Gasteiger partial charge in [-0.1, -0.05) is 0 Å². The molecule has 0 saturated carbocycles. The van der Waals surface area contributed by atoms with Crippen LogP contribution in [0.25, 0.3) is 11.0 Å². The molecule has 8 heteroatoms. The highest BCUT2D eigenvalue weighted by molar-refractivity contribution is 5.86. The summed E-state index contributed by atoms with van der Waals surface area (Å²) in [7, 11) is 1.83. The summed E-state index contributed by atoms with van der Waals surface area (Å²) in [6, 6.07) is 0. The van der Waals surface area contributed by atoms with E-state index in [1.807, 2.05) is 7.05 Å². The number of rotatable bonds is 3. The highest BCUT2D eigenvalue weighted by Crippen LogP contribution is 2.23. The van der Waals surface area contributed by atoms with Crippen LogP contribution in [0.5, 0.6) is 0 Å². The molecule has 2 aromatic rings. The van der Waals surface area contributed by atoms with Gasteiger partial charge in [-0.2, -0.15) is 5.10 Å². The first kappa shape index (κ1) is 13.2. The van der Waals surface area contributed by atoms with E-state index in [4.69, 9.17) is 0 Å². The summed E-state index contributed by atoms with van der Waals surface area (Å²) in [4.78, 5) is 12.4. The minimum absolute atomic E-state index is 0.153. The first-order chi connectivity index (χ1) is 9.65. The Bertz CT molecular complexity index is 591. The van der Waals surface area contributed by atoms with Crippen LogP contribution in [0.1, 0.15) is 0 Å². The standard InChI is InChI=1S/C12H16F2N6/c1-18-11-9(6-17-18)12(16-8-15-11)20-4-2-19(3-5-20)7-10(13)14/h6,8,10H,2-5,7H2,1H3. The third-order valence-corrected chi connectivity index (χ3v) is 3.58. The number of aromatic nitrogens is 4. The number of halogens is 2. The molecular weight excluding hydrogens is 266 g/mol. The van der Waals surface area contributed by atoms with Gasteiger partial charge in [-0.25, -0.2) is 18.7 Å². The van der Waals surface area contributed by atoms with E-state index < -0.39 is 6.43 Å². The molecule has 3 heterocycles. The molecule has 0 atom stereocenters. The zero-order chi connectivity index (χ0) is 14.1. The molecule has 0 aliphatic carbocycles. The van der Waals surface area contributed by atoms with Gasteiger partial charge in [-0.05, 0) is 0 Å². The molecule has 0 amide bonds. The first-order valence-corrected chi connectivity index (χ1v) is 6.53. The largest absolute Gasteiger partial charge is 0.353 e. The molecule has 1 aliphatic rings. The normalized spacial score (nSPS) is 17.3. The molecule has 0 bridgehead atoms. The van der Waals surface area contributed by atoms with Gasteiger partial charge < -0.3 is 4.90 Å². The summed E-state index contributed by atoms with van der Waals surface area (Å²) < 4.78 is 26.4. The molecule has 3 rings (SSSR count). The van der Waals surface area contributed by atoms with Crippen LogP contribution in [-0.4, -0.2) is 63.8 Å². The molecule has 108 valence electrons. The van der Waals surface area contributed by atoms with Gasteiger partial charge in [0, 0.05) is 33.2 Å². The van der Waals surface area contributed by atoms with Crippen molar-refractivity contribution in [2.24, 2.45) is 7.05 Å². The molecule has 1 saturated heterocycles. The smallest absolute Gasteiger partial charge is 0.251 e. The molecule has 2 aromatic heterocycles. The van der Waals surface area contributed by atoms with Gasteiger partial charge in [-0.3, -0.25) is 9.58 Å². The second-order valence-electron chi connectivity index (χ2n) is 4.88. The van der Waals surface area contributed by atoms with Crippen molar-refractivity contribution in [2.45, 2.75) is 6.43 Å². The number of fused-ring (bicyclic) bond motifs is 1. The van der Waals surface area contributed by atoms with Crippen LogP contribution in [0.4, 0.5) is 14.6 Å². The van der Waals surface area contributed by atoms with Crippen molar-refractivity contribution in [3.8, 4) is 0 Å². The summed E-state index contributed by atoms with van der Waals surface area (Å²) in [5, 5.41) is 5.08. The summed E-state index contributed by atoms with van der Waals surface area (Å²) in [5.41, 5.74) is 0.782. The maximum Gasteiger partial charge on any atom is 0.251 e. The van der Waals surface area contributed by atoms with Crippen LogP contribution in [0.15, 0.2) is 12.5 Å². The molecule has 1 fully saturated rings. The molecule has 1 aliphatic heterocycles. The summed E-state index contributed by atoms with van der Waals surface area (Å²) >= 11 is 0. The fourth-order valence-electron chi connectivity index (χ4n) is 2.54. The monoisotopic (exact) mass is 282 g/mol. The Hall–Kier alpha value is -1.83. The highest BCUT2D eigenvalue weighted by Gasteiger charge is 2.22. The van der Waals surface area contributed by atoms with E-state index in [1.165, 1.54) is 6.33 Å². The average Bonchev–Trinajstić information content (AvgIpc) is 2.81. The third kappa shape index (κ3) is 2.43. The Morgan fingerprint density at radius 3 is 2.65 bits per heavy atom. The lowest BCUT2D eigenvalue weighted by Gasteiger charge is -2.35. The number of nitrogens with zero attached hydrogens (tertiary/aromatic N) is 6. The van der Waals surface area contributed by atoms with Crippen LogP contribution in [0.2, 0.25) is 0 Å². The summed E-state index contributed by atoms with van der Waals surface area (Å²) in [6.07, 6.45) is 0.992. The van der Waals surface area contributed by atoms with E-state index in [9.17, 15) is 8.78 Å². The molecule has 0 radical (unpaired) electrons. The van der Waals surface area contributed by atoms with Gasteiger partial charge in [-0.15, -0.1) is 0 Å². The van der Waals surface area contributed by atoms with Crippen molar-refractivity contribution in [1.29, 1.82) is 0 Å². The minimum atomic E-state index is -2.27. The number of aryl methyl sites for hydroxylation is 1. The SMILES string of the molecule is Cn1ncc2c(N3CCN(CC(F)F)CC3)ncnc21. The van der Waals surface area contributed by atoms with Crippen LogP contribution in [0.3, 0.4) is 0 Å². The first-order valence-electron chi connectivity index (χ1n) is 6.53. The summed E-state index contributed by atoms with van der Waals surface area (Å²) in [6.45, 7) is 2.47. The number of anilines is 1. The van der Waals surface area contributed by atoms with E-state index in [0.717, 1.165) is 16.9 Å². The zero-order valence-electron chi connectivity index (χ0n) is 11.2. The number of piperazine rings is 1. The number of alkyl halides is 2. The quantitative estimate of drug-likeness (QED) is 0.831. The number of hydrogen-bond acceptors (Lipinski definition) is 5. The molecule has 0 unspecified atom stereocenters. The van der Waals surface area contributed by atoms with Crippen molar-refractivity contribution < 1.29 is 8.78 Å². The van der Waals surface area contributed by atoms with E-state index >= 15 is 0 Å². The highest BCUT2D eigenvalue weighted by atomic mass is 19.3. The third-order valence-electron chi connectivity index (χ3n) is 3.58. The molecular formula is C12H16F2N6. The Kier molecular flexibility index (Phi) is 3.47.